The maximum Gasteiger partial charge on any atom is 0.105 e. The van der Waals surface area contributed by atoms with Crippen LogP contribution in [-0.4, -0.2) is 39.1 Å². The molecule has 0 unspecified atom stereocenters. The summed E-state index contributed by atoms with van der Waals surface area (Å²) in [6.07, 6.45) is 4.64. The van der Waals surface area contributed by atoms with E-state index in [1.54, 1.807) is 0 Å². The van der Waals surface area contributed by atoms with Crippen molar-refractivity contribution >= 4 is 17.2 Å². The highest BCUT2D eigenvalue weighted by Crippen LogP contribution is 1.98. The predicted molar refractivity (Wildman–Crippen MR) is 70.5 cm³/mol. The zero-order valence-corrected chi connectivity index (χ0v) is 10.8. The predicted octanol–water partition coefficient (Wildman–Crippen LogP) is 1.19. The number of imidazole rings is 1. The lowest BCUT2D eigenvalue weighted by molar-refractivity contribution is 0.283. The van der Waals surface area contributed by atoms with Crippen LogP contribution in [0.1, 0.15) is 19.2 Å². The second kappa shape index (κ2) is 6.60. The molecular formula is C11H20N4S. The van der Waals surface area contributed by atoms with Gasteiger partial charge >= 0.3 is 0 Å². The smallest absolute Gasteiger partial charge is 0.105 e. The fourth-order valence-corrected chi connectivity index (χ4v) is 1.68. The van der Waals surface area contributed by atoms with Crippen molar-refractivity contribution in [1.29, 1.82) is 0 Å². The summed E-state index contributed by atoms with van der Waals surface area (Å²) in [7, 11) is 0. The lowest BCUT2D eigenvalue weighted by Crippen LogP contribution is -2.30. The van der Waals surface area contributed by atoms with Gasteiger partial charge in [0.15, 0.2) is 0 Å². The molecule has 16 heavy (non-hydrogen) atoms. The Morgan fingerprint density at radius 1 is 1.56 bits per heavy atom. The highest BCUT2D eigenvalue weighted by molar-refractivity contribution is 7.80. The van der Waals surface area contributed by atoms with Crippen LogP contribution in [0.15, 0.2) is 12.4 Å². The maximum atomic E-state index is 5.50. The van der Waals surface area contributed by atoms with Crippen molar-refractivity contribution in [2.24, 2.45) is 5.73 Å². The molecule has 0 aliphatic heterocycles. The Kier molecular flexibility index (Phi) is 5.42. The van der Waals surface area contributed by atoms with E-state index in [9.17, 15) is 0 Å². The molecule has 0 fully saturated rings. The van der Waals surface area contributed by atoms with Gasteiger partial charge in [-0.05, 0) is 13.5 Å². The van der Waals surface area contributed by atoms with Crippen LogP contribution in [0.25, 0.3) is 0 Å². The first-order valence-electron chi connectivity index (χ1n) is 5.62. The number of likely N-dealkylation sites (N-methyl/N-ethyl adjacent to an activating group) is 1. The van der Waals surface area contributed by atoms with Gasteiger partial charge in [0.25, 0.3) is 0 Å². The van der Waals surface area contributed by atoms with Crippen LogP contribution in [-0.2, 0) is 6.54 Å². The molecule has 0 saturated carbocycles. The Bertz CT molecular complexity index is 334. The molecule has 0 spiro atoms. The Hall–Kier alpha value is -0.940. The van der Waals surface area contributed by atoms with Crippen LogP contribution < -0.4 is 5.73 Å². The number of aryl methyl sites for hydroxylation is 1. The average Bonchev–Trinajstić information content (AvgIpc) is 2.64. The van der Waals surface area contributed by atoms with Gasteiger partial charge in [0.05, 0.1) is 4.99 Å². The molecule has 4 nitrogen and oxygen atoms in total. The van der Waals surface area contributed by atoms with Crippen molar-refractivity contribution in [2.45, 2.75) is 26.8 Å². The highest BCUT2D eigenvalue weighted by atomic mass is 32.1. The van der Waals surface area contributed by atoms with Gasteiger partial charge < -0.3 is 15.2 Å². The van der Waals surface area contributed by atoms with Crippen molar-refractivity contribution in [1.82, 2.24) is 14.5 Å². The lowest BCUT2D eigenvalue weighted by atomic mass is 10.3. The van der Waals surface area contributed by atoms with Gasteiger partial charge in [-0.3, -0.25) is 0 Å². The van der Waals surface area contributed by atoms with Crippen LogP contribution in [0, 0.1) is 6.92 Å². The highest BCUT2D eigenvalue weighted by Gasteiger charge is 2.04. The van der Waals surface area contributed by atoms with E-state index >= 15 is 0 Å². The van der Waals surface area contributed by atoms with E-state index in [2.05, 4.69) is 21.4 Å². The van der Waals surface area contributed by atoms with Crippen LogP contribution >= 0.6 is 12.2 Å². The third-order valence-corrected chi connectivity index (χ3v) is 2.91. The number of rotatable bonds is 7. The van der Waals surface area contributed by atoms with Crippen molar-refractivity contribution in [3.63, 3.8) is 0 Å². The fraction of sp³-hybridized carbons (Fsp3) is 0.636. The van der Waals surface area contributed by atoms with Crippen LogP contribution in [0.4, 0.5) is 0 Å². The first-order chi connectivity index (χ1) is 7.63. The van der Waals surface area contributed by atoms with E-state index in [4.69, 9.17) is 18.0 Å². The van der Waals surface area contributed by atoms with Crippen LogP contribution in [0.5, 0.6) is 0 Å². The zero-order valence-electron chi connectivity index (χ0n) is 10.0. The SMILES string of the molecule is CCN(CCC(N)=S)CCn1ccnc1C. The molecule has 2 N–H and O–H groups in total. The van der Waals surface area contributed by atoms with Crippen LogP contribution in [0.2, 0.25) is 0 Å². The number of hydrogen-bond donors (Lipinski definition) is 1. The molecular weight excluding hydrogens is 220 g/mol. The van der Waals surface area contributed by atoms with E-state index in [0.29, 0.717) is 4.99 Å². The fourth-order valence-electron chi connectivity index (χ4n) is 1.59. The molecule has 0 radical (unpaired) electrons. The second-order valence-corrected chi connectivity index (χ2v) is 4.34. The normalized spacial score (nSPS) is 10.9. The molecule has 1 rings (SSSR count). The molecule has 1 aromatic heterocycles. The first-order valence-corrected chi connectivity index (χ1v) is 6.02. The Labute approximate surface area is 102 Å². The van der Waals surface area contributed by atoms with E-state index in [1.807, 2.05) is 19.3 Å². The summed E-state index contributed by atoms with van der Waals surface area (Å²) in [6.45, 7) is 8.12. The van der Waals surface area contributed by atoms with Gasteiger partial charge in [0, 0.05) is 38.4 Å². The van der Waals surface area contributed by atoms with Crippen molar-refractivity contribution in [3.8, 4) is 0 Å². The topological polar surface area (TPSA) is 47.1 Å². The number of nitrogens with zero attached hydrogens (tertiary/aromatic N) is 3. The molecule has 5 heteroatoms. The van der Waals surface area contributed by atoms with Gasteiger partial charge in [0.1, 0.15) is 5.82 Å². The molecule has 0 amide bonds. The number of nitrogens with two attached hydrogens (primary N) is 1. The Morgan fingerprint density at radius 2 is 2.31 bits per heavy atom. The summed E-state index contributed by atoms with van der Waals surface area (Å²) < 4.78 is 2.16. The molecule has 0 bridgehead atoms. The summed E-state index contributed by atoms with van der Waals surface area (Å²) in [6, 6.07) is 0. The third-order valence-electron chi connectivity index (χ3n) is 2.70. The molecule has 0 aromatic carbocycles. The Morgan fingerprint density at radius 3 is 2.81 bits per heavy atom. The first kappa shape index (κ1) is 13.1. The molecule has 1 heterocycles. The van der Waals surface area contributed by atoms with Gasteiger partial charge in [-0.2, -0.15) is 0 Å². The lowest BCUT2D eigenvalue weighted by Gasteiger charge is -2.20. The van der Waals surface area contributed by atoms with Crippen molar-refractivity contribution in [2.75, 3.05) is 19.6 Å². The van der Waals surface area contributed by atoms with Gasteiger partial charge in [-0.1, -0.05) is 19.1 Å². The van der Waals surface area contributed by atoms with E-state index in [-0.39, 0.29) is 0 Å². The summed E-state index contributed by atoms with van der Waals surface area (Å²) in [5.41, 5.74) is 5.50. The zero-order chi connectivity index (χ0) is 12.0. The molecule has 0 aliphatic rings. The minimum atomic E-state index is 0.595. The summed E-state index contributed by atoms with van der Waals surface area (Å²) in [5, 5.41) is 0. The largest absolute Gasteiger partial charge is 0.393 e. The van der Waals surface area contributed by atoms with Gasteiger partial charge in [0.2, 0.25) is 0 Å². The average molecular weight is 240 g/mol. The second-order valence-electron chi connectivity index (χ2n) is 3.82. The number of hydrogen-bond acceptors (Lipinski definition) is 3. The van der Waals surface area contributed by atoms with Crippen molar-refractivity contribution < 1.29 is 0 Å². The molecule has 0 aliphatic carbocycles. The monoisotopic (exact) mass is 240 g/mol. The minimum Gasteiger partial charge on any atom is -0.393 e. The van der Waals surface area contributed by atoms with E-state index in [0.717, 1.165) is 38.4 Å². The van der Waals surface area contributed by atoms with Crippen molar-refractivity contribution in [3.05, 3.63) is 18.2 Å². The number of aromatic nitrogens is 2. The third kappa shape index (κ3) is 4.28. The van der Waals surface area contributed by atoms with Crippen LogP contribution in [0.3, 0.4) is 0 Å². The summed E-state index contributed by atoms with van der Waals surface area (Å²) in [4.78, 5) is 7.14. The van der Waals surface area contributed by atoms with E-state index < -0.39 is 0 Å². The summed E-state index contributed by atoms with van der Waals surface area (Å²) >= 11 is 4.88. The molecule has 0 atom stereocenters. The Balaban J connectivity index is 2.34. The van der Waals surface area contributed by atoms with E-state index in [1.165, 1.54) is 0 Å². The standard InChI is InChI=1S/C11H20N4S/c1-3-14(6-4-11(12)16)8-9-15-7-5-13-10(15)2/h5,7H,3-4,6,8-9H2,1-2H3,(H2,12,16). The molecule has 1 aromatic rings. The van der Waals surface area contributed by atoms with Gasteiger partial charge in [-0.15, -0.1) is 0 Å². The molecule has 0 saturated heterocycles. The maximum absolute atomic E-state index is 5.50. The number of thiocarbonyl (C=S) groups is 1. The summed E-state index contributed by atoms with van der Waals surface area (Å²) in [5.74, 6) is 1.06. The quantitative estimate of drug-likeness (QED) is 0.727. The molecule has 90 valence electrons. The minimum absolute atomic E-state index is 0.595. The van der Waals surface area contributed by atoms with Gasteiger partial charge in [-0.25, -0.2) is 4.98 Å².